The molecule has 0 saturated heterocycles. The number of hydrogen-bond donors (Lipinski definition) is 1. The molecule has 1 aromatic heterocycles. The number of aliphatic hydroxyl groups is 1. The smallest absolute Gasteiger partial charge is 0.126 e. The molecule has 3 heteroatoms. The van der Waals surface area contributed by atoms with Crippen molar-refractivity contribution in [3.63, 3.8) is 0 Å². The second kappa shape index (κ2) is 5.06. The average molecular weight is 231 g/mol. The van der Waals surface area contributed by atoms with Gasteiger partial charge in [-0.25, -0.2) is 4.39 Å². The first-order valence-electron chi connectivity index (χ1n) is 5.51. The van der Waals surface area contributed by atoms with Crippen molar-refractivity contribution >= 4 is 0 Å². The quantitative estimate of drug-likeness (QED) is 0.881. The molecule has 1 aromatic carbocycles. The molecule has 0 aliphatic rings. The Kier molecular flexibility index (Phi) is 3.49. The zero-order valence-electron chi connectivity index (χ0n) is 9.60. The molecule has 2 aromatic rings. The Balaban J connectivity index is 2.20. The number of rotatable bonds is 3. The van der Waals surface area contributed by atoms with Crippen LogP contribution in [0.5, 0.6) is 0 Å². The van der Waals surface area contributed by atoms with Crippen molar-refractivity contribution in [1.29, 1.82) is 0 Å². The van der Waals surface area contributed by atoms with E-state index in [1.165, 1.54) is 6.07 Å². The van der Waals surface area contributed by atoms with Crippen LogP contribution in [0.15, 0.2) is 42.6 Å². The van der Waals surface area contributed by atoms with Crippen molar-refractivity contribution in [2.45, 2.75) is 19.4 Å². The summed E-state index contributed by atoms with van der Waals surface area (Å²) in [6, 6.07) is 10.1. The average Bonchev–Trinajstić information content (AvgIpc) is 2.32. The predicted molar refractivity (Wildman–Crippen MR) is 64.0 cm³/mol. The molecule has 2 nitrogen and oxygen atoms in total. The number of benzene rings is 1. The van der Waals surface area contributed by atoms with E-state index in [0.717, 1.165) is 11.3 Å². The highest BCUT2D eigenvalue weighted by molar-refractivity contribution is 5.25. The summed E-state index contributed by atoms with van der Waals surface area (Å²) in [6.45, 7) is 1.83. The minimum atomic E-state index is -0.722. The largest absolute Gasteiger partial charge is 0.388 e. The molecule has 17 heavy (non-hydrogen) atoms. The third-order valence-corrected chi connectivity index (χ3v) is 2.78. The van der Waals surface area contributed by atoms with Gasteiger partial charge < -0.3 is 5.11 Å². The van der Waals surface area contributed by atoms with Crippen LogP contribution in [-0.2, 0) is 6.42 Å². The van der Waals surface area contributed by atoms with Crippen molar-refractivity contribution in [2.75, 3.05) is 0 Å². The third-order valence-electron chi connectivity index (χ3n) is 2.78. The number of hydrogen-bond acceptors (Lipinski definition) is 2. The molecule has 0 aliphatic carbocycles. The lowest BCUT2D eigenvalue weighted by molar-refractivity contribution is 0.176. The summed E-state index contributed by atoms with van der Waals surface area (Å²) in [5.74, 6) is -0.284. The van der Waals surface area contributed by atoms with Crippen LogP contribution in [-0.4, -0.2) is 10.1 Å². The summed E-state index contributed by atoms with van der Waals surface area (Å²) in [6.07, 6.45) is 1.22. The van der Waals surface area contributed by atoms with Crippen molar-refractivity contribution in [3.05, 3.63) is 65.2 Å². The summed E-state index contributed by atoms with van der Waals surface area (Å²) in [5, 5.41) is 10.1. The van der Waals surface area contributed by atoms with Gasteiger partial charge >= 0.3 is 0 Å². The van der Waals surface area contributed by atoms with Gasteiger partial charge in [-0.15, -0.1) is 0 Å². The maximum Gasteiger partial charge on any atom is 0.126 e. The fourth-order valence-electron chi connectivity index (χ4n) is 1.83. The van der Waals surface area contributed by atoms with Gasteiger partial charge in [0.05, 0.1) is 6.10 Å². The van der Waals surface area contributed by atoms with Gasteiger partial charge in [0.1, 0.15) is 5.82 Å². The van der Waals surface area contributed by atoms with Crippen LogP contribution in [0.25, 0.3) is 0 Å². The van der Waals surface area contributed by atoms with Gasteiger partial charge in [0.15, 0.2) is 0 Å². The van der Waals surface area contributed by atoms with Crippen LogP contribution >= 0.6 is 0 Å². The lowest BCUT2D eigenvalue weighted by Crippen LogP contribution is -2.06. The van der Waals surface area contributed by atoms with Crippen LogP contribution in [0, 0.1) is 12.7 Å². The Morgan fingerprint density at radius 2 is 2.00 bits per heavy atom. The van der Waals surface area contributed by atoms with Crippen molar-refractivity contribution in [1.82, 2.24) is 4.98 Å². The molecule has 1 atom stereocenters. The SMILES string of the molecule is Cc1ncccc1C(O)Cc1ccccc1F. The monoisotopic (exact) mass is 231 g/mol. The molecule has 0 saturated carbocycles. The molecule has 1 heterocycles. The van der Waals surface area contributed by atoms with Gasteiger partial charge in [0.25, 0.3) is 0 Å². The highest BCUT2D eigenvalue weighted by Crippen LogP contribution is 2.21. The summed E-state index contributed by atoms with van der Waals surface area (Å²) in [4.78, 5) is 4.11. The van der Waals surface area contributed by atoms with E-state index in [2.05, 4.69) is 4.98 Å². The molecule has 0 fully saturated rings. The van der Waals surface area contributed by atoms with Gasteiger partial charge in [-0.2, -0.15) is 0 Å². The molecule has 0 aliphatic heterocycles. The third kappa shape index (κ3) is 2.68. The Labute approximate surface area is 99.8 Å². The number of pyridine rings is 1. The maximum absolute atomic E-state index is 13.4. The summed E-state index contributed by atoms with van der Waals surface area (Å²) >= 11 is 0. The summed E-state index contributed by atoms with van der Waals surface area (Å²) < 4.78 is 13.4. The fourth-order valence-corrected chi connectivity index (χ4v) is 1.83. The van der Waals surface area contributed by atoms with Crippen molar-refractivity contribution in [2.24, 2.45) is 0 Å². The highest BCUT2D eigenvalue weighted by Gasteiger charge is 2.13. The minimum absolute atomic E-state index is 0.263. The van der Waals surface area contributed by atoms with Gasteiger partial charge in [0.2, 0.25) is 0 Å². The molecule has 88 valence electrons. The predicted octanol–water partition coefficient (Wildman–Crippen LogP) is 2.81. The Morgan fingerprint density at radius 1 is 1.24 bits per heavy atom. The minimum Gasteiger partial charge on any atom is -0.388 e. The van der Waals surface area contributed by atoms with E-state index < -0.39 is 6.10 Å². The van der Waals surface area contributed by atoms with Crippen molar-refractivity contribution < 1.29 is 9.50 Å². The van der Waals surface area contributed by atoms with E-state index in [1.807, 2.05) is 13.0 Å². The Hall–Kier alpha value is -1.74. The van der Waals surface area contributed by atoms with Crippen LogP contribution in [0.1, 0.15) is 22.9 Å². The van der Waals surface area contributed by atoms with E-state index in [-0.39, 0.29) is 12.2 Å². The first-order chi connectivity index (χ1) is 8.18. The molecule has 0 bridgehead atoms. The van der Waals surface area contributed by atoms with E-state index in [0.29, 0.717) is 5.56 Å². The molecule has 0 radical (unpaired) electrons. The lowest BCUT2D eigenvalue weighted by atomic mass is 10.0. The first kappa shape index (κ1) is 11.7. The van der Waals surface area contributed by atoms with Crippen LogP contribution in [0.3, 0.4) is 0 Å². The Bertz CT molecular complexity index is 513. The van der Waals surface area contributed by atoms with E-state index >= 15 is 0 Å². The number of halogens is 1. The second-order valence-corrected chi connectivity index (χ2v) is 3.99. The van der Waals surface area contributed by atoms with Gasteiger partial charge in [-0.1, -0.05) is 24.3 Å². The topological polar surface area (TPSA) is 33.1 Å². The maximum atomic E-state index is 13.4. The lowest BCUT2D eigenvalue weighted by Gasteiger charge is -2.13. The molecular weight excluding hydrogens is 217 g/mol. The van der Waals surface area contributed by atoms with E-state index in [1.54, 1.807) is 30.5 Å². The number of aromatic nitrogens is 1. The molecule has 0 amide bonds. The summed E-state index contributed by atoms with van der Waals surface area (Å²) in [5.41, 5.74) is 2.04. The molecule has 1 N–H and O–H groups in total. The molecule has 2 rings (SSSR count). The van der Waals surface area contributed by atoms with E-state index in [4.69, 9.17) is 0 Å². The van der Waals surface area contributed by atoms with Crippen LogP contribution in [0.4, 0.5) is 4.39 Å². The first-order valence-corrected chi connectivity index (χ1v) is 5.51. The van der Waals surface area contributed by atoms with Crippen molar-refractivity contribution in [3.8, 4) is 0 Å². The number of aliphatic hydroxyl groups excluding tert-OH is 1. The normalized spacial score (nSPS) is 12.4. The van der Waals surface area contributed by atoms with Gasteiger partial charge in [-0.05, 0) is 24.6 Å². The standard InChI is InChI=1S/C14H14FNO/c1-10-12(6-4-8-16-10)14(17)9-11-5-2-3-7-13(11)15/h2-8,14,17H,9H2,1H3. The summed E-state index contributed by atoms with van der Waals surface area (Å²) in [7, 11) is 0. The van der Waals surface area contributed by atoms with Crippen LogP contribution in [0.2, 0.25) is 0 Å². The number of nitrogens with zero attached hydrogens (tertiary/aromatic N) is 1. The zero-order valence-corrected chi connectivity index (χ0v) is 9.60. The molecule has 1 unspecified atom stereocenters. The van der Waals surface area contributed by atoms with Crippen LogP contribution < -0.4 is 0 Å². The molecule has 0 spiro atoms. The number of aryl methyl sites for hydroxylation is 1. The highest BCUT2D eigenvalue weighted by atomic mass is 19.1. The second-order valence-electron chi connectivity index (χ2n) is 3.99. The van der Waals surface area contributed by atoms with Gasteiger partial charge in [0, 0.05) is 23.9 Å². The Morgan fingerprint density at radius 3 is 2.71 bits per heavy atom. The van der Waals surface area contributed by atoms with Gasteiger partial charge in [-0.3, -0.25) is 4.98 Å². The fraction of sp³-hybridized carbons (Fsp3) is 0.214. The molecular formula is C14H14FNO. The zero-order chi connectivity index (χ0) is 12.3. The van der Waals surface area contributed by atoms with E-state index in [9.17, 15) is 9.50 Å².